The Labute approximate surface area is 187 Å². The summed E-state index contributed by atoms with van der Waals surface area (Å²) in [7, 11) is 0. The number of amides is 2. The average Bonchev–Trinajstić information content (AvgIpc) is 3.03. The molecule has 1 N–H and O–H groups in total. The Hall–Kier alpha value is -2.78. The molecule has 3 heterocycles. The Bertz CT molecular complexity index is 1080. The zero-order chi connectivity index (χ0) is 21.8. The minimum absolute atomic E-state index is 0.0380. The van der Waals surface area contributed by atoms with Crippen molar-refractivity contribution in [1.82, 2.24) is 14.9 Å². The Balaban J connectivity index is 1.28. The van der Waals surface area contributed by atoms with Crippen molar-refractivity contribution >= 4 is 55.9 Å². The number of anilines is 2. The van der Waals surface area contributed by atoms with E-state index in [1.54, 1.807) is 22.4 Å². The number of nitrogens with one attached hydrogen (secondary N) is 1. The second kappa shape index (κ2) is 9.57. The fraction of sp³-hybridized carbons (Fsp3) is 0.333. The van der Waals surface area contributed by atoms with Gasteiger partial charge in [0.25, 0.3) is 0 Å². The van der Waals surface area contributed by atoms with Crippen LogP contribution in [0.25, 0.3) is 10.3 Å². The summed E-state index contributed by atoms with van der Waals surface area (Å²) in [5.41, 5.74) is 1.21. The van der Waals surface area contributed by atoms with E-state index in [0.717, 1.165) is 34.5 Å². The van der Waals surface area contributed by atoms with Crippen LogP contribution in [-0.4, -0.2) is 52.9 Å². The van der Waals surface area contributed by atoms with Crippen molar-refractivity contribution in [3.63, 3.8) is 0 Å². The van der Waals surface area contributed by atoms with Gasteiger partial charge in [-0.1, -0.05) is 22.9 Å². The molecule has 1 fully saturated rings. The first kappa shape index (κ1) is 21.5. The van der Waals surface area contributed by atoms with Crippen LogP contribution in [0.4, 0.5) is 15.2 Å². The molecular formula is C21H21ClFN5O2S. The Morgan fingerprint density at radius 1 is 1.16 bits per heavy atom. The summed E-state index contributed by atoms with van der Waals surface area (Å²) in [6.45, 7) is 2.72. The predicted molar refractivity (Wildman–Crippen MR) is 120 cm³/mol. The molecule has 31 heavy (non-hydrogen) atoms. The van der Waals surface area contributed by atoms with Gasteiger partial charge in [0.05, 0.1) is 10.7 Å². The molecule has 162 valence electrons. The van der Waals surface area contributed by atoms with Crippen LogP contribution in [0.15, 0.2) is 36.5 Å². The molecule has 2 amide bonds. The fourth-order valence-corrected chi connectivity index (χ4v) is 4.61. The topological polar surface area (TPSA) is 78.4 Å². The lowest BCUT2D eigenvalue weighted by molar-refractivity contribution is -0.132. The molecule has 0 radical (unpaired) electrons. The molecule has 0 aliphatic carbocycles. The van der Waals surface area contributed by atoms with E-state index in [0.29, 0.717) is 25.3 Å². The zero-order valence-electron chi connectivity index (χ0n) is 16.7. The minimum Gasteiger partial charge on any atom is -0.346 e. The number of aromatic nitrogens is 2. The van der Waals surface area contributed by atoms with E-state index in [2.05, 4.69) is 20.2 Å². The van der Waals surface area contributed by atoms with E-state index >= 15 is 0 Å². The molecule has 1 saturated heterocycles. The summed E-state index contributed by atoms with van der Waals surface area (Å²) < 4.78 is 13.1. The molecular weight excluding hydrogens is 441 g/mol. The van der Waals surface area contributed by atoms with Crippen LogP contribution in [-0.2, 0) is 9.59 Å². The van der Waals surface area contributed by atoms with Gasteiger partial charge in [-0.2, -0.15) is 0 Å². The summed E-state index contributed by atoms with van der Waals surface area (Å²) in [5.74, 6) is -0.871. The molecule has 10 heteroatoms. The number of nitrogens with zero attached hydrogens (tertiary/aromatic N) is 4. The zero-order valence-corrected chi connectivity index (χ0v) is 18.3. The fourth-order valence-electron chi connectivity index (χ4n) is 3.43. The van der Waals surface area contributed by atoms with E-state index in [-0.39, 0.29) is 29.7 Å². The lowest BCUT2D eigenvalue weighted by Gasteiger charge is -2.21. The van der Waals surface area contributed by atoms with Crippen LogP contribution in [0, 0.1) is 5.82 Å². The molecule has 0 bridgehead atoms. The van der Waals surface area contributed by atoms with Gasteiger partial charge in [0.15, 0.2) is 5.13 Å². The largest absolute Gasteiger partial charge is 0.346 e. The molecule has 4 rings (SSSR count). The molecule has 0 unspecified atom stereocenters. The summed E-state index contributed by atoms with van der Waals surface area (Å²) in [5, 5.41) is 3.66. The number of carbonyl (C=O) groups is 2. The minimum atomic E-state index is -0.476. The molecule has 1 aromatic carbocycles. The standard InChI is InChI=1S/C21H21ClFN5O2S/c22-15-13-14(23)4-5-16(15)25-18(29)6-7-19(30)27-9-2-10-28(12-11-27)21-26-17-3-1-8-24-20(17)31-21/h1,3-5,8,13H,2,6-7,9-12H2,(H,25,29). The molecule has 7 nitrogen and oxygen atoms in total. The summed E-state index contributed by atoms with van der Waals surface area (Å²) in [6.07, 6.45) is 2.73. The van der Waals surface area contributed by atoms with Crippen molar-refractivity contribution in [2.24, 2.45) is 0 Å². The van der Waals surface area contributed by atoms with E-state index in [4.69, 9.17) is 11.6 Å². The first-order valence-corrected chi connectivity index (χ1v) is 11.2. The molecule has 0 saturated carbocycles. The van der Waals surface area contributed by atoms with E-state index in [1.807, 2.05) is 12.1 Å². The SMILES string of the molecule is O=C(CCC(=O)N1CCCN(c2nc3cccnc3s2)CC1)Nc1ccc(F)cc1Cl. The number of pyridine rings is 1. The second-order valence-corrected chi connectivity index (χ2v) is 8.58. The third kappa shape index (κ3) is 5.29. The number of carbonyl (C=O) groups excluding carboxylic acids is 2. The number of fused-ring (bicyclic) bond motifs is 1. The number of benzene rings is 1. The normalized spacial score (nSPS) is 14.5. The van der Waals surface area contributed by atoms with Crippen molar-refractivity contribution < 1.29 is 14.0 Å². The van der Waals surface area contributed by atoms with Gasteiger partial charge in [-0.3, -0.25) is 9.59 Å². The highest BCUT2D eigenvalue weighted by molar-refractivity contribution is 7.21. The number of hydrogen-bond donors (Lipinski definition) is 1. The Morgan fingerprint density at radius 3 is 2.84 bits per heavy atom. The molecule has 1 aliphatic heterocycles. The number of halogens is 2. The molecule has 0 spiro atoms. The van der Waals surface area contributed by atoms with Crippen LogP contribution in [0.1, 0.15) is 19.3 Å². The molecule has 2 aromatic heterocycles. The van der Waals surface area contributed by atoms with Crippen LogP contribution in [0.2, 0.25) is 5.02 Å². The average molecular weight is 462 g/mol. The van der Waals surface area contributed by atoms with Crippen molar-refractivity contribution in [1.29, 1.82) is 0 Å². The number of rotatable bonds is 5. The van der Waals surface area contributed by atoms with Gasteiger partial charge in [-0.15, -0.1) is 0 Å². The first-order chi connectivity index (χ1) is 15.0. The maximum Gasteiger partial charge on any atom is 0.224 e. The Morgan fingerprint density at radius 2 is 2.03 bits per heavy atom. The highest BCUT2D eigenvalue weighted by Gasteiger charge is 2.22. The van der Waals surface area contributed by atoms with Gasteiger partial charge in [0.1, 0.15) is 16.2 Å². The van der Waals surface area contributed by atoms with E-state index in [9.17, 15) is 14.0 Å². The molecule has 3 aromatic rings. The maximum atomic E-state index is 13.1. The van der Waals surface area contributed by atoms with Crippen molar-refractivity contribution in [3.8, 4) is 0 Å². The van der Waals surface area contributed by atoms with Gasteiger partial charge < -0.3 is 15.1 Å². The Kier molecular flexibility index (Phi) is 6.62. The van der Waals surface area contributed by atoms with Crippen molar-refractivity contribution in [3.05, 3.63) is 47.4 Å². The van der Waals surface area contributed by atoms with Crippen LogP contribution in [0.5, 0.6) is 0 Å². The van der Waals surface area contributed by atoms with Gasteiger partial charge >= 0.3 is 0 Å². The van der Waals surface area contributed by atoms with Crippen LogP contribution < -0.4 is 10.2 Å². The lowest BCUT2D eigenvalue weighted by Crippen LogP contribution is -2.35. The van der Waals surface area contributed by atoms with Gasteiger partial charge in [0, 0.05) is 45.2 Å². The smallest absolute Gasteiger partial charge is 0.224 e. The van der Waals surface area contributed by atoms with Crippen molar-refractivity contribution in [2.45, 2.75) is 19.3 Å². The van der Waals surface area contributed by atoms with Gasteiger partial charge in [-0.05, 0) is 36.8 Å². The quantitative estimate of drug-likeness (QED) is 0.622. The summed E-state index contributed by atoms with van der Waals surface area (Å²) in [4.78, 5) is 38.7. The van der Waals surface area contributed by atoms with Crippen molar-refractivity contribution in [2.75, 3.05) is 36.4 Å². The lowest BCUT2D eigenvalue weighted by atomic mass is 10.2. The third-order valence-corrected chi connectivity index (χ3v) is 6.40. The second-order valence-electron chi connectivity index (χ2n) is 7.22. The van der Waals surface area contributed by atoms with Crippen LogP contribution in [0.3, 0.4) is 0 Å². The van der Waals surface area contributed by atoms with E-state index in [1.165, 1.54) is 12.1 Å². The highest BCUT2D eigenvalue weighted by atomic mass is 35.5. The summed E-state index contributed by atoms with van der Waals surface area (Å²) in [6, 6.07) is 7.57. The predicted octanol–water partition coefficient (Wildman–Crippen LogP) is 3.94. The van der Waals surface area contributed by atoms with Gasteiger partial charge in [-0.25, -0.2) is 14.4 Å². The van der Waals surface area contributed by atoms with Crippen LogP contribution >= 0.6 is 22.9 Å². The molecule has 1 aliphatic rings. The molecule has 0 atom stereocenters. The number of thiazole rings is 1. The van der Waals surface area contributed by atoms with Gasteiger partial charge in [0.2, 0.25) is 11.8 Å². The number of hydrogen-bond acceptors (Lipinski definition) is 6. The van der Waals surface area contributed by atoms with E-state index < -0.39 is 5.82 Å². The first-order valence-electron chi connectivity index (χ1n) is 9.99. The summed E-state index contributed by atoms with van der Waals surface area (Å²) >= 11 is 7.48. The maximum absolute atomic E-state index is 13.1. The third-order valence-electron chi connectivity index (χ3n) is 5.05. The highest BCUT2D eigenvalue weighted by Crippen LogP contribution is 2.28. The monoisotopic (exact) mass is 461 g/mol.